The Morgan fingerprint density at radius 3 is 2.84 bits per heavy atom. The topological polar surface area (TPSA) is 21.3 Å². The zero-order valence-electron chi connectivity index (χ0n) is 11.7. The lowest BCUT2D eigenvalue weighted by Crippen LogP contribution is -2.18. The second kappa shape index (κ2) is 6.97. The molecule has 0 aliphatic heterocycles. The van der Waals surface area contributed by atoms with Crippen LogP contribution < -0.4 is 10.1 Å². The quantitative estimate of drug-likeness (QED) is 0.801. The highest BCUT2D eigenvalue weighted by atomic mass is 35.5. The molecule has 0 heterocycles. The number of ether oxygens (including phenoxy) is 1. The fraction of sp³-hybridized carbons (Fsp3) is 0.500. The fourth-order valence-corrected chi connectivity index (χ4v) is 2.88. The zero-order chi connectivity index (χ0) is 13.7. The smallest absolute Gasteiger partial charge is 0.123 e. The molecule has 2 nitrogen and oxygen atoms in total. The highest BCUT2D eigenvalue weighted by molar-refractivity contribution is 6.30. The van der Waals surface area contributed by atoms with E-state index in [4.69, 9.17) is 16.3 Å². The largest absolute Gasteiger partial charge is 0.496 e. The predicted molar refractivity (Wildman–Crippen MR) is 81.0 cm³/mol. The first kappa shape index (κ1) is 14.4. The molecule has 0 bridgehead atoms. The average Bonchev–Trinajstić information content (AvgIpc) is 2.46. The van der Waals surface area contributed by atoms with Gasteiger partial charge in [-0.15, -0.1) is 0 Å². The van der Waals surface area contributed by atoms with Gasteiger partial charge in [-0.05, 0) is 57.4 Å². The summed E-state index contributed by atoms with van der Waals surface area (Å²) in [5.74, 6) is 0.903. The van der Waals surface area contributed by atoms with Crippen LogP contribution in [0, 0.1) is 0 Å². The Kier molecular flexibility index (Phi) is 5.29. The van der Waals surface area contributed by atoms with E-state index in [0.717, 1.165) is 22.8 Å². The maximum atomic E-state index is 6.12. The van der Waals surface area contributed by atoms with Gasteiger partial charge in [0.2, 0.25) is 0 Å². The van der Waals surface area contributed by atoms with Crippen LogP contribution in [0.25, 0.3) is 0 Å². The monoisotopic (exact) mass is 279 g/mol. The second-order valence-corrected chi connectivity index (χ2v) is 5.48. The third-order valence-corrected chi connectivity index (χ3v) is 4.00. The normalized spacial score (nSPS) is 16.9. The van der Waals surface area contributed by atoms with Crippen LogP contribution in [-0.4, -0.2) is 14.2 Å². The molecule has 19 heavy (non-hydrogen) atoms. The Balaban J connectivity index is 2.20. The molecule has 1 unspecified atom stereocenters. The van der Waals surface area contributed by atoms with Crippen molar-refractivity contribution < 1.29 is 4.74 Å². The number of nitrogens with one attached hydrogen (secondary N) is 1. The number of halogens is 1. The van der Waals surface area contributed by atoms with Crippen molar-refractivity contribution in [2.24, 2.45) is 0 Å². The van der Waals surface area contributed by atoms with Crippen LogP contribution >= 0.6 is 11.6 Å². The van der Waals surface area contributed by atoms with Crippen molar-refractivity contribution in [2.75, 3.05) is 14.2 Å². The third-order valence-electron chi connectivity index (χ3n) is 3.77. The molecule has 1 aliphatic rings. The molecule has 1 aromatic rings. The van der Waals surface area contributed by atoms with Crippen molar-refractivity contribution in [2.45, 2.75) is 38.1 Å². The first-order valence-corrected chi connectivity index (χ1v) is 7.31. The lowest BCUT2D eigenvalue weighted by Gasteiger charge is -2.22. The van der Waals surface area contributed by atoms with E-state index in [-0.39, 0.29) is 6.04 Å². The SMILES string of the molecule is CNC(CC1=CCCCC1)c1cc(Cl)ccc1OC. The Hall–Kier alpha value is -0.990. The van der Waals surface area contributed by atoms with Crippen LogP contribution in [0.5, 0.6) is 5.75 Å². The maximum absolute atomic E-state index is 6.12. The Labute approximate surface area is 120 Å². The summed E-state index contributed by atoms with van der Waals surface area (Å²) in [7, 11) is 3.70. The molecule has 3 heteroatoms. The number of allylic oxidation sites excluding steroid dienone is 1. The Morgan fingerprint density at radius 1 is 1.37 bits per heavy atom. The molecule has 0 amide bonds. The molecule has 0 radical (unpaired) electrons. The highest BCUT2D eigenvalue weighted by Gasteiger charge is 2.17. The van der Waals surface area contributed by atoms with Crippen molar-refractivity contribution in [1.29, 1.82) is 0 Å². The molecule has 1 aliphatic carbocycles. The predicted octanol–water partition coefficient (Wildman–Crippen LogP) is 4.50. The minimum atomic E-state index is 0.262. The van der Waals surface area contributed by atoms with E-state index in [1.165, 1.54) is 25.7 Å². The van der Waals surface area contributed by atoms with E-state index in [2.05, 4.69) is 11.4 Å². The second-order valence-electron chi connectivity index (χ2n) is 5.04. The number of hydrogen-bond donors (Lipinski definition) is 1. The summed E-state index contributed by atoms with van der Waals surface area (Å²) in [6.45, 7) is 0. The minimum Gasteiger partial charge on any atom is -0.496 e. The first-order valence-electron chi connectivity index (χ1n) is 6.93. The minimum absolute atomic E-state index is 0.262. The molecule has 104 valence electrons. The van der Waals surface area contributed by atoms with E-state index in [1.54, 1.807) is 12.7 Å². The van der Waals surface area contributed by atoms with E-state index in [0.29, 0.717) is 0 Å². The van der Waals surface area contributed by atoms with Gasteiger partial charge in [-0.2, -0.15) is 0 Å². The number of rotatable bonds is 5. The summed E-state index contributed by atoms with van der Waals surface area (Å²) >= 11 is 6.12. The molecular formula is C16H22ClNO. The molecule has 1 aromatic carbocycles. The Morgan fingerprint density at radius 2 is 2.21 bits per heavy atom. The van der Waals surface area contributed by atoms with Crippen molar-refractivity contribution in [3.63, 3.8) is 0 Å². The molecule has 1 N–H and O–H groups in total. The highest BCUT2D eigenvalue weighted by Crippen LogP contribution is 2.33. The summed E-state index contributed by atoms with van der Waals surface area (Å²) in [6, 6.07) is 6.08. The molecule has 1 atom stereocenters. The molecular weight excluding hydrogens is 258 g/mol. The van der Waals surface area contributed by atoms with E-state index >= 15 is 0 Å². The first-order chi connectivity index (χ1) is 9.24. The van der Waals surface area contributed by atoms with Crippen molar-refractivity contribution in [3.8, 4) is 5.75 Å². The van der Waals surface area contributed by atoms with Crippen molar-refractivity contribution in [3.05, 3.63) is 40.4 Å². The van der Waals surface area contributed by atoms with Crippen LogP contribution in [-0.2, 0) is 0 Å². The van der Waals surface area contributed by atoms with Crippen LogP contribution in [0.1, 0.15) is 43.7 Å². The molecule has 2 rings (SSSR count). The van der Waals surface area contributed by atoms with Gasteiger partial charge in [-0.1, -0.05) is 23.3 Å². The molecule has 0 aromatic heterocycles. The summed E-state index contributed by atoms with van der Waals surface area (Å²) < 4.78 is 5.45. The summed E-state index contributed by atoms with van der Waals surface area (Å²) in [5.41, 5.74) is 2.69. The lowest BCUT2D eigenvalue weighted by molar-refractivity contribution is 0.400. The molecule has 0 saturated heterocycles. The van der Waals surface area contributed by atoms with Gasteiger partial charge in [0, 0.05) is 16.6 Å². The summed E-state index contributed by atoms with van der Waals surface area (Å²) in [5, 5.41) is 4.15. The molecule has 0 spiro atoms. The van der Waals surface area contributed by atoms with Crippen LogP contribution in [0.15, 0.2) is 29.8 Å². The van der Waals surface area contributed by atoms with Gasteiger partial charge in [0.25, 0.3) is 0 Å². The van der Waals surface area contributed by atoms with Crippen molar-refractivity contribution in [1.82, 2.24) is 5.32 Å². The average molecular weight is 280 g/mol. The van der Waals surface area contributed by atoms with Gasteiger partial charge < -0.3 is 10.1 Å². The van der Waals surface area contributed by atoms with Crippen LogP contribution in [0.4, 0.5) is 0 Å². The van der Waals surface area contributed by atoms with E-state index < -0.39 is 0 Å². The number of methoxy groups -OCH3 is 1. The van der Waals surface area contributed by atoms with Gasteiger partial charge >= 0.3 is 0 Å². The van der Waals surface area contributed by atoms with Crippen LogP contribution in [0.2, 0.25) is 5.02 Å². The van der Waals surface area contributed by atoms with Gasteiger partial charge in [0.15, 0.2) is 0 Å². The van der Waals surface area contributed by atoms with Gasteiger partial charge in [0.05, 0.1) is 7.11 Å². The van der Waals surface area contributed by atoms with Gasteiger partial charge in [-0.3, -0.25) is 0 Å². The van der Waals surface area contributed by atoms with E-state index in [1.807, 2.05) is 25.2 Å². The number of benzene rings is 1. The standard InChI is InChI=1S/C16H22ClNO/c1-18-15(10-12-6-4-3-5-7-12)14-11-13(17)8-9-16(14)19-2/h6,8-9,11,15,18H,3-5,7,10H2,1-2H3. The molecule has 0 fully saturated rings. The molecule has 0 saturated carbocycles. The van der Waals surface area contributed by atoms with Crippen LogP contribution in [0.3, 0.4) is 0 Å². The van der Waals surface area contributed by atoms with Crippen molar-refractivity contribution >= 4 is 11.6 Å². The third kappa shape index (κ3) is 3.74. The van der Waals surface area contributed by atoms with Gasteiger partial charge in [-0.25, -0.2) is 0 Å². The summed E-state index contributed by atoms with van der Waals surface area (Å²) in [4.78, 5) is 0. The zero-order valence-corrected chi connectivity index (χ0v) is 12.5. The lowest BCUT2D eigenvalue weighted by atomic mass is 9.91. The summed E-state index contributed by atoms with van der Waals surface area (Å²) in [6.07, 6.45) is 8.51. The maximum Gasteiger partial charge on any atom is 0.123 e. The van der Waals surface area contributed by atoms with E-state index in [9.17, 15) is 0 Å². The Bertz CT molecular complexity index is 456. The number of hydrogen-bond acceptors (Lipinski definition) is 2. The fourth-order valence-electron chi connectivity index (χ4n) is 2.70. The van der Waals surface area contributed by atoms with Gasteiger partial charge in [0.1, 0.15) is 5.75 Å².